The lowest BCUT2D eigenvalue weighted by atomic mass is 9.55. The van der Waals surface area contributed by atoms with E-state index in [9.17, 15) is 16.8 Å². The molecule has 5 rings (SSSR count). The summed E-state index contributed by atoms with van der Waals surface area (Å²) in [5, 5.41) is 5.09. The summed E-state index contributed by atoms with van der Waals surface area (Å²) in [6, 6.07) is 9.79. The van der Waals surface area contributed by atoms with Crippen molar-refractivity contribution in [3.8, 4) is 11.5 Å². The van der Waals surface area contributed by atoms with Gasteiger partial charge in [-0.05, 0) is 109 Å². The molecule has 2 saturated carbocycles. The largest absolute Gasteiger partial charge is 0.493 e. The fourth-order valence-corrected chi connectivity index (χ4v) is 8.80. The molecule has 0 radical (unpaired) electrons. The Hall–Kier alpha value is -2.34. The van der Waals surface area contributed by atoms with Crippen LogP contribution in [0.2, 0.25) is 0 Å². The summed E-state index contributed by atoms with van der Waals surface area (Å²) in [6.07, 6.45) is 5.32. The van der Waals surface area contributed by atoms with E-state index in [1.807, 2.05) is 6.07 Å². The Bertz CT molecular complexity index is 1380. The van der Waals surface area contributed by atoms with Crippen LogP contribution in [0.1, 0.15) is 56.1 Å². The van der Waals surface area contributed by atoms with Crippen LogP contribution in [0.15, 0.2) is 41.3 Å². The summed E-state index contributed by atoms with van der Waals surface area (Å²) in [4.78, 5) is 0.230. The van der Waals surface area contributed by atoms with Crippen LogP contribution in [0.3, 0.4) is 0 Å². The predicted molar refractivity (Wildman–Crippen MR) is 136 cm³/mol. The Kier molecular flexibility index (Phi) is 6.26. The zero-order valence-electron chi connectivity index (χ0n) is 20.4. The molecule has 9 nitrogen and oxygen atoms in total. The van der Waals surface area contributed by atoms with Crippen LogP contribution in [0.5, 0.6) is 11.5 Å². The van der Waals surface area contributed by atoms with Crippen molar-refractivity contribution >= 4 is 26.0 Å². The second-order valence-corrected chi connectivity index (χ2v) is 13.4. The van der Waals surface area contributed by atoms with Crippen molar-refractivity contribution in [2.45, 2.75) is 62.3 Å². The summed E-state index contributed by atoms with van der Waals surface area (Å²) in [7, 11) is -6.34. The van der Waals surface area contributed by atoms with Gasteiger partial charge in [0.2, 0.25) is 10.0 Å². The van der Waals surface area contributed by atoms with E-state index in [1.165, 1.54) is 7.11 Å². The molecule has 2 aromatic rings. The molecule has 2 fully saturated rings. The van der Waals surface area contributed by atoms with E-state index in [1.54, 1.807) is 30.3 Å². The molecule has 3 unspecified atom stereocenters. The maximum atomic E-state index is 13.1. The number of fused-ring (bicyclic) bond motifs is 5. The lowest BCUT2D eigenvalue weighted by molar-refractivity contribution is 0.0461. The Morgan fingerprint density at radius 3 is 2.39 bits per heavy atom. The fourth-order valence-electron chi connectivity index (χ4n) is 7.02. The van der Waals surface area contributed by atoms with Crippen LogP contribution >= 0.6 is 0 Å². The van der Waals surface area contributed by atoms with Gasteiger partial charge in [0.05, 0.1) is 12.0 Å². The number of ether oxygens (including phenoxy) is 1. The highest BCUT2D eigenvalue weighted by molar-refractivity contribution is 7.89. The van der Waals surface area contributed by atoms with Gasteiger partial charge in [0.15, 0.2) is 11.5 Å². The average molecular weight is 536 g/mol. The SMILES string of the molecule is COc1cc2c(cc1OS(N)(=O)=O)CCC1C2CC[C@@]2(C)C1CC[C@@H]2NS(=O)(=O)c1ccc(N)cc1. The van der Waals surface area contributed by atoms with Crippen molar-refractivity contribution in [1.82, 2.24) is 4.72 Å². The first-order valence-electron chi connectivity index (χ1n) is 12.2. The van der Waals surface area contributed by atoms with Gasteiger partial charge in [0.25, 0.3) is 0 Å². The molecule has 196 valence electrons. The number of nitrogens with one attached hydrogen (secondary N) is 1. The smallest absolute Gasteiger partial charge is 0.380 e. The third kappa shape index (κ3) is 4.46. The molecular formula is C25H33N3O6S2. The summed E-state index contributed by atoms with van der Waals surface area (Å²) in [5.74, 6) is 1.55. The summed E-state index contributed by atoms with van der Waals surface area (Å²) >= 11 is 0. The van der Waals surface area contributed by atoms with Crippen molar-refractivity contribution < 1.29 is 25.8 Å². The predicted octanol–water partition coefficient (Wildman–Crippen LogP) is 3.06. The molecule has 11 heteroatoms. The standard InChI is InChI=1S/C25H33N3O6S2/c1-25-12-11-18-19(8-3-15-13-23(34-36(27,31)32)22(33-2)14-20(15)18)21(25)9-10-24(25)28-35(29,30)17-6-4-16(26)5-7-17/h4-7,13-14,18-19,21,24,28H,3,8-12,26H2,1-2H3,(H2,27,31,32)/t18?,19?,21?,24-,25-/m0/s1. The monoisotopic (exact) mass is 535 g/mol. The minimum atomic E-state index is -4.17. The molecular weight excluding hydrogens is 502 g/mol. The zero-order valence-corrected chi connectivity index (χ0v) is 22.1. The summed E-state index contributed by atoms with van der Waals surface area (Å²) < 4.78 is 62.7. The Balaban J connectivity index is 1.40. The van der Waals surface area contributed by atoms with Crippen molar-refractivity contribution in [3.05, 3.63) is 47.5 Å². The van der Waals surface area contributed by atoms with Gasteiger partial charge in [-0.1, -0.05) is 6.92 Å². The minimum Gasteiger partial charge on any atom is -0.493 e. The lowest BCUT2D eigenvalue weighted by Gasteiger charge is -2.51. The van der Waals surface area contributed by atoms with E-state index in [0.29, 0.717) is 29.2 Å². The van der Waals surface area contributed by atoms with E-state index < -0.39 is 20.3 Å². The number of nitrogens with two attached hydrogens (primary N) is 2. The van der Waals surface area contributed by atoms with E-state index >= 15 is 0 Å². The quantitative estimate of drug-likeness (QED) is 0.481. The van der Waals surface area contributed by atoms with Gasteiger partial charge in [0.1, 0.15) is 0 Å². The van der Waals surface area contributed by atoms with Crippen LogP contribution in [-0.2, 0) is 26.7 Å². The molecule has 0 bridgehead atoms. The number of hydrogen-bond donors (Lipinski definition) is 3. The molecule has 0 heterocycles. The molecule has 0 aromatic heterocycles. The van der Waals surface area contributed by atoms with Crippen LogP contribution in [0.25, 0.3) is 0 Å². The number of rotatable bonds is 6. The van der Waals surface area contributed by atoms with Crippen molar-refractivity contribution in [2.24, 2.45) is 22.4 Å². The van der Waals surface area contributed by atoms with Gasteiger partial charge in [-0.3, -0.25) is 0 Å². The highest BCUT2D eigenvalue weighted by Gasteiger charge is 2.55. The summed E-state index contributed by atoms with van der Waals surface area (Å²) in [6.45, 7) is 2.23. The van der Waals surface area contributed by atoms with Gasteiger partial charge >= 0.3 is 10.3 Å². The van der Waals surface area contributed by atoms with Crippen molar-refractivity contribution in [3.63, 3.8) is 0 Å². The van der Waals surface area contributed by atoms with E-state index in [4.69, 9.17) is 19.8 Å². The van der Waals surface area contributed by atoms with E-state index in [0.717, 1.165) is 49.7 Å². The van der Waals surface area contributed by atoms with Crippen molar-refractivity contribution in [1.29, 1.82) is 0 Å². The zero-order chi connectivity index (χ0) is 25.9. The third-order valence-electron chi connectivity index (χ3n) is 8.70. The Morgan fingerprint density at radius 1 is 1.00 bits per heavy atom. The van der Waals surface area contributed by atoms with Crippen LogP contribution in [-0.4, -0.2) is 30.0 Å². The number of nitrogen functional groups attached to an aromatic ring is 1. The molecule has 0 aliphatic heterocycles. The molecule has 3 aliphatic carbocycles. The van der Waals surface area contributed by atoms with Gasteiger partial charge in [-0.2, -0.15) is 13.6 Å². The average Bonchev–Trinajstić information content (AvgIpc) is 3.13. The van der Waals surface area contributed by atoms with Crippen LogP contribution < -0.4 is 24.5 Å². The van der Waals surface area contributed by atoms with Crippen LogP contribution in [0.4, 0.5) is 5.69 Å². The molecule has 5 atom stereocenters. The van der Waals surface area contributed by atoms with E-state index in [2.05, 4.69) is 11.6 Å². The fraction of sp³-hybridized carbons (Fsp3) is 0.520. The third-order valence-corrected chi connectivity index (χ3v) is 10.6. The number of benzene rings is 2. The first-order valence-corrected chi connectivity index (χ1v) is 15.2. The van der Waals surface area contributed by atoms with E-state index in [-0.39, 0.29) is 22.1 Å². The highest BCUT2D eigenvalue weighted by atomic mass is 32.2. The topological polar surface area (TPSA) is 151 Å². The maximum absolute atomic E-state index is 13.1. The summed E-state index contributed by atoms with van der Waals surface area (Å²) in [5.41, 5.74) is 8.33. The Morgan fingerprint density at radius 2 is 1.72 bits per heavy atom. The molecule has 3 aliphatic rings. The number of methoxy groups -OCH3 is 1. The minimum absolute atomic E-state index is 0.107. The molecule has 2 aromatic carbocycles. The highest BCUT2D eigenvalue weighted by Crippen LogP contribution is 2.61. The maximum Gasteiger partial charge on any atom is 0.380 e. The first kappa shape index (κ1) is 25.3. The molecule has 0 spiro atoms. The first-order chi connectivity index (χ1) is 16.9. The lowest BCUT2D eigenvalue weighted by Crippen LogP contribution is -2.50. The van der Waals surface area contributed by atoms with Crippen molar-refractivity contribution in [2.75, 3.05) is 12.8 Å². The molecule has 0 saturated heterocycles. The van der Waals surface area contributed by atoms with Crippen LogP contribution in [0, 0.1) is 17.3 Å². The number of sulfonamides is 1. The van der Waals surface area contributed by atoms with Gasteiger partial charge in [-0.25, -0.2) is 13.1 Å². The second kappa shape index (κ2) is 8.90. The number of aryl methyl sites for hydroxylation is 1. The molecule has 0 amide bonds. The number of anilines is 1. The molecule has 36 heavy (non-hydrogen) atoms. The van der Waals surface area contributed by atoms with Gasteiger partial charge < -0.3 is 14.7 Å². The van der Waals surface area contributed by atoms with Gasteiger partial charge in [-0.15, -0.1) is 0 Å². The number of hydrogen-bond acceptors (Lipinski definition) is 7. The molecule has 5 N–H and O–H groups in total. The normalized spacial score (nSPS) is 29.6. The second-order valence-electron chi connectivity index (χ2n) is 10.6. The Labute approximate surface area is 212 Å². The van der Waals surface area contributed by atoms with Gasteiger partial charge in [0, 0.05) is 11.7 Å².